The zero-order valence-electron chi connectivity index (χ0n) is 6.45. The van der Waals surface area contributed by atoms with Crippen LogP contribution in [0.1, 0.15) is 5.69 Å². The summed E-state index contributed by atoms with van der Waals surface area (Å²) in [6, 6.07) is 2.07. The van der Waals surface area contributed by atoms with E-state index in [1.54, 1.807) is 6.20 Å². The van der Waals surface area contributed by atoms with Gasteiger partial charge in [0.2, 0.25) is 0 Å². The lowest BCUT2D eigenvalue weighted by Gasteiger charge is -1.95. The molecule has 0 aliphatic carbocycles. The van der Waals surface area contributed by atoms with Crippen molar-refractivity contribution in [2.45, 2.75) is 6.92 Å². The number of aryl methyl sites for hydroxylation is 1. The maximum absolute atomic E-state index is 4.02. The molecule has 5 heteroatoms. The van der Waals surface area contributed by atoms with Crippen molar-refractivity contribution in [2.75, 3.05) is 0 Å². The number of halogens is 1. The normalized spacial score (nSPS) is 10.9. The van der Waals surface area contributed by atoms with Crippen LogP contribution < -0.4 is 0 Å². The summed E-state index contributed by atoms with van der Waals surface area (Å²) in [5, 5.41) is 8.97. The summed E-state index contributed by atoms with van der Waals surface area (Å²) in [4.78, 5) is 0. The van der Waals surface area contributed by atoms with Gasteiger partial charge in [-0.25, -0.2) is 0 Å². The monoisotopic (exact) mass is 243 g/mol. The quantitative estimate of drug-likeness (QED) is 0.664. The number of fused-ring (bicyclic) bond motifs is 1. The fourth-order valence-electron chi connectivity index (χ4n) is 1.12. The fourth-order valence-corrected chi connectivity index (χ4v) is 1.77. The van der Waals surface area contributed by atoms with Crippen molar-refractivity contribution < 1.29 is 0 Å². The Hall–Kier alpha value is -0.470. The summed E-state index contributed by atoms with van der Waals surface area (Å²) in [5.41, 5.74) is 2.03. The van der Waals surface area contributed by atoms with Gasteiger partial charge < -0.3 is 4.34 Å². The molecule has 62 valence electrons. The van der Waals surface area contributed by atoms with Crippen LogP contribution in [0.25, 0.3) is 11.0 Å². The molecule has 0 saturated carbocycles. The number of hydrogen-bond acceptors (Lipinski definition) is 2. The number of nitrogens with zero attached hydrogens (tertiary/aromatic N) is 3. The van der Waals surface area contributed by atoms with Gasteiger partial charge in [0.15, 0.2) is 5.65 Å². The Balaban J connectivity index is 2.95. The lowest BCUT2D eigenvalue weighted by atomic mass is 10.3. The Bertz CT molecular complexity index is 437. The average Bonchev–Trinajstić information content (AvgIpc) is 2.32. The SMILES string of the molecule is Cc1cc2c(Br)cnnc2n1P. The molecule has 3 nitrogen and oxygen atoms in total. The standard InChI is InChI=1S/C7H7BrN3P/c1-4-2-5-6(8)3-9-10-7(5)11(4)12/h2-3H,12H2,1H3. The molecule has 2 aromatic rings. The third-order valence-corrected chi connectivity index (χ3v) is 3.07. The predicted molar refractivity (Wildman–Crippen MR) is 55.1 cm³/mol. The van der Waals surface area contributed by atoms with Gasteiger partial charge in [0, 0.05) is 15.6 Å². The molecule has 0 spiro atoms. The second-order valence-corrected chi connectivity index (χ2v) is 3.96. The second kappa shape index (κ2) is 2.79. The van der Waals surface area contributed by atoms with E-state index in [9.17, 15) is 0 Å². The van der Waals surface area contributed by atoms with Crippen LogP contribution in [0.15, 0.2) is 16.7 Å². The van der Waals surface area contributed by atoms with Gasteiger partial charge >= 0.3 is 0 Å². The Morgan fingerprint density at radius 3 is 3.00 bits per heavy atom. The molecule has 2 heterocycles. The first-order chi connectivity index (χ1) is 5.70. The number of rotatable bonds is 0. The van der Waals surface area contributed by atoms with Crippen molar-refractivity contribution in [1.82, 2.24) is 14.5 Å². The van der Waals surface area contributed by atoms with E-state index in [2.05, 4.69) is 41.6 Å². The number of aromatic nitrogens is 3. The van der Waals surface area contributed by atoms with E-state index in [1.807, 2.05) is 11.3 Å². The topological polar surface area (TPSA) is 30.7 Å². The van der Waals surface area contributed by atoms with Crippen LogP contribution in [-0.2, 0) is 0 Å². The van der Waals surface area contributed by atoms with Crippen molar-refractivity contribution in [3.8, 4) is 0 Å². The summed E-state index contributed by atoms with van der Waals surface area (Å²) in [7, 11) is 2.60. The van der Waals surface area contributed by atoms with Gasteiger partial charge in [-0.3, -0.25) is 0 Å². The highest BCUT2D eigenvalue weighted by atomic mass is 79.9. The first kappa shape index (κ1) is 8.14. The minimum absolute atomic E-state index is 0.881. The smallest absolute Gasteiger partial charge is 0.166 e. The molecule has 0 bridgehead atoms. The van der Waals surface area contributed by atoms with Gasteiger partial charge in [0.05, 0.1) is 6.20 Å². The largest absolute Gasteiger partial charge is 0.313 e. The molecule has 2 aromatic heterocycles. The highest BCUT2D eigenvalue weighted by molar-refractivity contribution is 9.10. The van der Waals surface area contributed by atoms with E-state index in [0.717, 1.165) is 21.2 Å². The van der Waals surface area contributed by atoms with E-state index >= 15 is 0 Å². The first-order valence-corrected chi connectivity index (χ1v) is 4.75. The zero-order chi connectivity index (χ0) is 8.72. The van der Waals surface area contributed by atoms with Gasteiger partial charge in [-0.05, 0) is 38.3 Å². The van der Waals surface area contributed by atoms with Crippen molar-refractivity contribution in [3.05, 3.63) is 22.4 Å². The maximum atomic E-state index is 4.02. The van der Waals surface area contributed by atoms with Crippen LogP contribution in [0.3, 0.4) is 0 Å². The minimum atomic E-state index is 0.881. The van der Waals surface area contributed by atoms with Crippen LogP contribution in [0, 0.1) is 6.92 Å². The zero-order valence-corrected chi connectivity index (χ0v) is 9.19. The van der Waals surface area contributed by atoms with Crippen LogP contribution >= 0.6 is 25.3 Å². The summed E-state index contributed by atoms with van der Waals surface area (Å²) in [5.74, 6) is 0. The lowest BCUT2D eigenvalue weighted by molar-refractivity contribution is 1.03. The highest BCUT2D eigenvalue weighted by Gasteiger charge is 2.06. The van der Waals surface area contributed by atoms with Crippen molar-refractivity contribution in [2.24, 2.45) is 0 Å². The summed E-state index contributed by atoms with van der Waals surface area (Å²) >= 11 is 3.42. The van der Waals surface area contributed by atoms with Gasteiger partial charge in [-0.1, -0.05) is 0 Å². The summed E-state index contributed by atoms with van der Waals surface area (Å²) < 4.78 is 2.92. The molecule has 0 fully saturated rings. The van der Waals surface area contributed by atoms with Crippen LogP contribution in [0.2, 0.25) is 0 Å². The first-order valence-electron chi connectivity index (χ1n) is 3.44. The van der Waals surface area contributed by atoms with Crippen molar-refractivity contribution >= 4 is 36.4 Å². The van der Waals surface area contributed by atoms with Crippen LogP contribution in [0.4, 0.5) is 0 Å². The van der Waals surface area contributed by atoms with Crippen molar-refractivity contribution in [3.63, 3.8) is 0 Å². The predicted octanol–water partition coefficient (Wildman–Crippen LogP) is 2.14. The highest BCUT2D eigenvalue weighted by Crippen LogP contribution is 2.25. The Kier molecular flexibility index (Phi) is 1.89. The second-order valence-electron chi connectivity index (χ2n) is 2.59. The molecule has 1 atom stereocenters. The molecular formula is C7H7BrN3P. The Morgan fingerprint density at radius 2 is 2.33 bits per heavy atom. The van der Waals surface area contributed by atoms with E-state index in [4.69, 9.17) is 0 Å². The molecule has 0 N–H and O–H groups in total. The molecule has 0 aliphatic heterocycles. The molecular weight excluding hydrogens is 237 g/mol. The van der Waals surface area contributed by atoms with E-state index in [0.29, 0.717) is 0 Å². The lowest BCUT2D eigenvalue weighted by Crippen LogP contribution is -1.86. The molecule has 0 aromatic carbocycles. The molecule has 12 heavy (non-hydrogen) atoms. The molecule has 2 rings (SSSR count). The molecule has 0 amide bonds. The van der Waals surface area contributed by atoms with Gasteiger partial charge in [-0.15, -0.1) is 5.10 Å². The third kappa shape index (κ3) is 1.06. The molecule has 0 radical (unpaired) electrons. The van der Waals surface area contributed by atoms with Gasteiger partial charge in [-0.2, -0.15) is 5.10 Å². The molecule has 0 aliphatic rings. The average molecular weight is 244 g/mol. The van der Waals surface area contributed by atoms with E-state index in [-0.39, 0.29) is 0 Å². The maximum Gasteiger partial charge on any atom is 0.166 e. The Morgan fingerprint density at radius 1 is 1.58 bits per heavy atom. The van der Waals surface area contributed by atoms with Gasteiger partial charge in [0.25, 0.3) is 0 Å². The molecule has 0 saturated heterocycles. The number of hydrogen-bond donors (Lipinski definition) is 0. The van der Waals surface area contributed by atoms with E-state index < -0.39 is 0 Å². The fraction of sp³-hybridized carbons (Fsp3) is 0.143. The summed E-state index contributed by atoms with van der Waals surface area (Å²) in [6.45, 7) is 2.03. The Labute approximate surface area is 80.6 Å². The van der Waals surface area contributed by atoms with E-state index in [1.165, 1.54) is 0 Å². The minimum Gasteiger partial charge on any atom is -0.313 e. The third-order valence-electron chi connectivity index (χ3n) is 1.78. The van der Waals surface area contributed by atoms with Crippen LogP contribution in [-0.4, -0.2) is 14.5 Å². The molecule has 1 unspecified atom stereocenters. The van der Waals surface area contributed by atoms with Crippen molar-refractivity contribution in [1.29, 1.82) is 0 Å². The van der Waals surface area contributed by atoms with Crippen LogP contribution in [0.5, 0.6) is 0 Å². The van der Waals surface area contributed by atoms with Gasteiger partial charge in [0.1, 0.15) is 0 Å². The summed E-state index contributed by atoms with van der Waals surface area (Å²) in [6.07, 6.45) is 1.70.